The summed E-state index contributed by atoms with van der Waals surface area (Å²) in [6.45, 7) is 4.64. The van der Waals surface area contributed by atoms with Gasteiger partial charge in [-0.05, 0) is 6.92 Å². The third-order valence-corrected chi connectivity index (χ3v) is 0.936. The van der Waals surface area contributed by atoms with E-state index in [-0.39, 0.29) is 5.76 Å². The lowest BCUT2D eigenvalue weighted by Crippen LogP contribution is -1.73. The van der Waals surface area contributed by atoms with E-state index in [2.05, 4.69) is 6.58 Å². The van der Waals surface area contributed by atoms with Crippen LogP contribution in [0.1, 0.15) is 17.3 Å². The van der Waals surface area contributed by atoms with E-state index in [0.29, 0.717) is 0 Å². The van der Waals surface area contributed by atoms with Gasteiger partial charge < -0.3 is 5.11 Å². The van der Waals surface area contributed by atoms with Crippen molar-refractivity contribution < 1.29 is 9.90 Å². The number of hydrogen-bond donors (Lipinski definition) is 1. The molecular formula is C10H12O2. The molecule has 0 bridgehead atoms. The highest BCUT2D eigenvalue weighted by Gasteiger charge is 1.79. The first-order chi connectivity index (χ1) is 5.66. The van der Waals surface area contributed by atoms with E-state index < -0.39 is 0 Å². The molecule has 0 fully saturated rings. The van der Waals surface area contributed by atoms with E-state index in [4.69, 9.17) is 5.11 Å². The molecule has 1 aromatic rings. The fraction of sp³-hybridized carbons (Fsp3) is 0.100. The molecule has 0 aromatic heterocycles. The number of benzene rings is 1. The van der Waals surface area contributed by atoms with Crippen LogP contribution >= 0.6 is 0 Å². The van der Waals surface area contributed by atoms with Gasteiger partial charge in [-0.15, -0.1) is 0 Å². The molecule has 2 nitrogen and oxygen atoms in total. The molecule has 1 aromatic carbocycles. The van der Waals surface area contributed by atoms with Crippen LogP contribution in [0.2, 0.25) is 0 Å². The molecule has 0 aliphatic rings. The van der Waals surface area contributed by atoms with Crippen molar-refractivity contribution in [2.45, 2.75) is 6.92 Å². The Morgan fingerprint density at radius 2 is 1.83 bits per heavy atom. The maximum absolute atomic E-state index is 10.0. The molecule has 0 radical (unpaired) electrons. The third-order valence-electron chi connectivity index (χ3n) is 0.936. The molecule has 1 N–H and O–H groups in total. The number of allylic oxidation sites excluding steroid dienone is 1. The Labute approximate surface area is 72.2 Å². The largest absolute Gasteiger partial charge is 0.513 e. The van der Waals surface area contributed by atoms with Crippen LogP contribution < -0.4 is 0 Å². The minimum atomic E-state index is 0.167. The summed E-state index contributed by atoms with van der Waals surface area (Å²) in [5, 5.41) is 7.86. The molecule has 12 heavy (non-hydrogen) atoms. The predicted molar refractivity (Wildman–Crippen MR) is 49.3 cm³/mol. The summed E-state index contributed by atoms with van der Waals surface area (Å²) in [7, 11) is 0. The molecule has 0 spiro atoms. The van der Waals surface area contributed by atoms with Crippen LogP contribution in [0.25, 0.3) is 0 Å². The van der Waals surface area contributed by atoms with Crippen LogP contribution in [-0.2, 0) is 0 Å². The lowest BCUT2D eigenvalue weighted by atomic mass is 10.2. The fourth-order valence-electron chi connectivity index (χ4n) is 0.532. The molecule has 64 valence electrons. The molecule has 2 heteroatoms. The Morgan fingerprint density at radius 1 is 1.42 bits per heavy atom. The van der Waals surface area contributed by atoms with Crippen molar-refractivity contribution in [1.29, 1.82) is 0 Å². The van der Waals surface area contributed by atoms with Crippen molar-refractivity contribution in [3.8, 4) is 0 Å². The first kappa shape index (κ1) is 10.4. The monoisotopic (exact) mass is 164 g/mol. The SMILES string of the molecule is C=C(C)O.O=Cc1ccccc1. The Balaban J connectivity index is 0.000000261. The number of hydrogen-bond acceptors (Lipinski definition) is 2. The van der Waals surface area contributed by atoms with Gasteiger partial charge in [0.05, 0.1) is 5.76 Å². The number of carbonyl (C=O) groups excluding carboxylic acids is 1. The minimum Gasteiger partial charge on any atom is -0.513 e. The van der Waals surface area contributed by atoms with Gasteiger partial charge in [0.2, 0.25) is 0 Å². The maximum atomic E-state index is 10.0. The van der Waals surface area contributed by atoms with Crippen molar-refractivity contribution >= 4 is 6.29 Å². The normalized spacial score (nSPS) is 7.75. The smallest absolute Gasteiger partial charge is 0.150 e. The van der Waals surface area contributed by atoms with E-state index in [9.17, 15) is 4.79 Å². The Bertz CT molecular complexity index is 235. The van der Waals surface area contributed by atoms with Crippen LogP contribution in [0.15, 0.2) is 42.7 Å². The quantitative estimate of drug-likeness (QED) is 0.511. The fourth-order valence-corrected chi connectivity index (χ4v) is 0.532. The Kier molecular flexibility index (Phi) is 5.35. The van der Waals surface area contributed by atoms with E-state index in [1.807, 2.05) is 18.2 Å². The predicted octanol–water partition coefficient (Wildman–Crippen LogP) is 2.58. The van der Waals surface area contributed by atoms with Crippen LogP contribution in [-0.4, -0.2) is 11.4 Å². The van der Waals surface area contributed by atoms with Crippen molar-refractivity contribution in [3.05, 3.63) is 48.2 Å². The van der Waals surface area contributed by atoms with Crippen LogP contribution in [0, 0.1) is 0 Å². The molecule has 0 heterocycles. The molecule has 1 rings (SSSR count). The minimum absolute atomic E-state index is 0.167. The number of aliphatic hydroxyl groups excluding tert-OH is 1. The van der Waals surface area contributed by atoms with Gasteiger partial charge in [-0.1, -0.05) is 36.9 Å². The van der Waals surface area contributed by atoms with Gasteiger partial charge in [0.1, 0.15) is 6.29 Å². The third kappa shape index (κ3) is 6.55. The van der Waals surface area contributed by atoms with Gasteiger partial charge in [-0.2, -0.15) is 0 Å². The van der Waals surface area contributed by atoms with Crippen LogP contribution in [0.5, 0.6) is 0 Å². The highest BCUT2D eigenvalue weighted by atomic mass is 16.3. The van der Waals surface area contributed by atoms with Gasteiger partial charge in [-0.3, -0.25) is 4.79 Å². The van der Waals surface area contributed by atoms with E-state index in [0.717, 1.165) is 11.8 Å². The molecular weight excluding hydrogens is 152 g/mol. The second-order valence-electron chi connectivity index (χ2n) is 2.26. The van der Waals surface area contributed by atoms with E-state index in [1.165, 1.54) is 6.92 Å². The van der Waals surface area contributed by atoms with Gasteiger partial charge in [-0.25, -0.2) is 0 Å². The molecule has 0 amide bonds. The van der Waals surface area contributed by atoms with Crippen LogP contribution in [0.3, 0.4) is 0 Å². The highest BCUT2D eigenvalue weighted by Crippen LogP contribution is 1.91. The molecule has 0 saturated heterocycles. The standard InChI is InChI=1S/C7H6O.C3H6O/c8-6-7-4-2-1-3-5-7;1-3(2)4/h1-6H;4H,1H2,2H3. The zero-order chi connectivity index (χ0) is 9.40. The summed E-state index contributed by atoms with van der Waals surface area (Å²) in [6, 6.07) is 9.10. The summed E-state index contributed by atoms with van der Waals surface area (Å²) in [6.07, 6.45) is 0.833. The molecule has 0 saturated carbocycles. The highest BCUT2D eigenvalue weighted by molar-refractivity contribution is 5.74. The van der Waals surface area contributed by atoms with Crippen molar-refractivity contribution in [2.75, 3.05) is 0 Å². The lowest BCUT2D eigenvalue weighted by molar-refractivity contribution is 0.112. The van der Waals surface area contributed by atoms with Gasteiger partial charge >= 0.3 is 0 Å². The van der Waals surface area contributed by atoms with E-state index >= 15 is 0 Å². The average molecular weight is 164 g/mol. The van der Waals surface area contributed by atoms with Crippen molar-refractivity contribution in [3.63, 3.8) is 0 Å². The van der Waals surface area contributed by atoms with Gasteiger partial charge in [0.25, 0.3) is 0 Å². The van der Waals surface area contributed by atoms with Crippen LogP contribution in [0.4, 0.5) is 0 Å². The first-order valence-corrected chi connectivity index (χ1v) is 3.51. The second kappa shape index (κ2) is 6.16. The second-order valence-corrected chi connectivity index (χ2v) is 2.26. The Hall–Kier alpha value is -1.57. The topological polar surface area (TPSA) is 37.3 Å². The van der Waals surface area contributed by atoms with Gasteiger partial charge in [0.15, 0.2) is 0 Å². The van der Waals surface area contributed by atoms with Crippen molar-refractivity contribution in [2.24, 2.45) is 0 Å². The molecule has 0 aliphatic carbocycles. The summed E-state index contributed by atoms with van der Waals surface area (Å²) in [5.41, 5.74) is 0.729. The number of rotatable bonds is 1. The molecule has 0 aliphatic heterocycles. The van der Waals surface area contributed by atoms with Crippen molar-refractivity contribution in [1.82, 2.24) is 0 Å². The summed E-state index contributed by atoms with van der Waals surface area (Å²) >= 11 is 0. The number of aliphatic hydroxyl groups is 1. The average Bonchev–Trinajstić information content (AvgIpc) is 2.05. The molecule has 0 atom stereocenters. The summed E-state index contributed by atoms with van der Waals surface area (Å²) in [4.78, 5) is 10.0. The zero-order valence-corrected chi connectivity index (χ0v) is 7.03. The first-order valence-electron chi connectivity index (χ1n) is 3.51. The lowest BCUT2D eigenvalue weighted by Gasteiger charge is -1.81. The Morgan fingerprint density at radius 3 is 2.08 bits per heavy atom. The maximum Gasteiger partial charge on any atom is 0.150 e. The zero-order valence-electron chi connectivity index (χ0n) is 7.03. The van der Waals surface area contributed by atoms with Gasteiger partial charge in [0, 0.05) is 5.56 Å². The summed E-state index contributed by atoms with van der Waals surface area (Å²) in [5.74, 6) is 0.167. The number of aldehydes is 1. The van der Waals surface area contributed by atoms with E-state index in [1.54, 1.807) is 12.1 Å². The molecule has 0 unspecified atom stereocenters. The summed E-state index contributed by atoms with van der Waals surface area (Å²) < 4.78 is 0. The number of carbonyl (C=O) groups is 1.